The van der Waals surface area contributed by atoms with Gasteiger partial charge in [-0.05, 0) is 13.1 Å². The van der Waals surface area contributed by atoms with E-state index in [1.54, 1.807) is 0 Å². The summed E-state index contributed by atoms with van der Waals surface area (Å²) < 4.78 is 2.02. The number of hydrogen-bond donors (Lipinski definition) is 2. The zero-order valence-corrected chi connectivity index (χ0v) is 11.8. The second-order valence-electron chi connectivity index (χ2n) is 4.55. The van der Waals surface area contributed by atoms with E-state index in [0.29, 0.717) is 6.54 Å². The second-order valence-corrected chi connectivity index (χ2v) is 4.55. The number of nitrogens with zero attached hydrogens (tertiary/aromatic N) is 3. The Balaban J connectivity index is 2.12. The van der Waals surface area contributed by atoms with Gasteiger partial charge in [0, 0.05) is 45.5 Å². The van der Waals surface area contributed by atoms with E-state index < -0.39 is 0 Å². The van der Waals surface area contributed by atoms with E-state index in [4.69, 9.17) is 0 Å². The Labute approximate surface area is 110 Å². The van der Waals surface area contributed by atoms with Gasteiger partial charge >= 0.3 is 0 Å². The number of aryl methyl sites for hydroxylation is 1. The van der Waals surface area contributed by atoms with Crippen LogP contribution in [0.1, 0.15) is 19.7 Å². The maximum absolute atomic E-state index is 9.87. The lowest BCUT2D eigenvalue weighted by atomic mass is 10.3. The molecule has 1 atom stereocenters. The molecule has 1 aromatic heterocycles. The molecule has 18 heavy (non-hydrogen) atoms. The van der Waals surface area contributed by atoms with Crippen molar-refractivity contribution < 1.29 is 5.11 Å². The van der Waals surface area contributed by atoms with Gasteiger partial charge < -0.3 is 19.9 Å². The average Bonchev–Trinajstić information content (AvgIpc) is 2.77. The molecule has 1 rings (SSSR count). The fraction of sp³-hybridized carbons (Fsp3) is 0.769. The SMILES string of the molecule is CCN(CC)CC(O)CNCCc1nccn1C. The van der Waals surface area contributed by atoms with Gasteiger partial charge in [-0.25, -0.2) is 4.98 Å². The van der Waals surface area contributed by atoms with Crippen molar-refractivity contribution >= 4 is 0 Å². The number of aromatic nitrogens is 2. The van der Waals surface area contributed by atoms with Gasteiger partial charge in [-0.1, -0.05) is 13.8 Å². The van der Waals surface area contributed by atoms with Crippen LogP contribution < -0.4 is 5.32 Å². The molecule has 0 bridgehead atoms. The number of aliphatic hydroxyl groups is 1. The summed E-state index contributed by atoms with van der Waals surface area (Å²) in [6.07, 6.45) is 4.35. The summed E-state index contributed by atoms with van der Waals surface area (Å²) in [6.45, 7) is 8.43. The molecule has 0 spiro atoms. The molecule has 0 aliphatic carbocycles. The summed E-state index contributed by atoms with van der Waals surface area (Å²) in [7, 11) is 2.00. The molecule has 0 aromatic carbocycles. The van der Waals surface area contributed by atoms with Crippen LogP contribution >= 0.6 is 0 Å². The van der Waals surface area contributed by atoms with E-state index in [-0.39, 0.29) is 6.10 Å². The molecule has 0 fully saturated rings. The van der Waals surface area contributed by atoms with Crippen molar-refractivity contribution in [1.82, 2.24) is 19.8 Å². The van der Waals surface area contributed by atoms with Crippen LogP contribution in [-0.4, -0.2) is 58.4 Å². The van der Waals surface area contributed by atoms with Crippen LogP contribution in [0.4, 0.5) is 0 Å². The third kappa shape index (κ3) is 5.16. The maximum atomic E-state index is 9.87. The highest BCUT2D eigenvalue weighted by atomic mass is 16.3. The Morgan fingerprint density at radius 3 is 2.72 bits per heavy atom. The third-order valence-electron chi connectivity index (χ3n) is 3.19. The van der Waals surface area contributed by atoms with Crippen molar-refractivity contribution in [3.8, 4) is 0 Å². The molecule has 0 amide bonds. The molecule has 1 aromatic rings. The summed E-state index contributed by atoms with van der Waals surface area (Å²) in [5, 5.41) is 13.1. The fourth-order valence-corrected chi connectivity index (χ4v) is 1.95. The second kappa shape index (κ2) is 8.24. The van der Waals surface area contributed by atoms with Crippen molar-refractivity contribution in [1.29, 1.82) is 0 Å². The first-order chi connectivity index (χ1) is 8.67. The fourth-order valence-electron chi connectivity index (χ4n) is 1.95. The third-order valence-corrected chi connectivity index (χ3v) is 3.19. The van der Waals surface area contributed by atoms with Gasteiger partial charge in [0.15, 0.2) is 0 Å². The molecular formula is C13H26N4O. The van der Waals surface area contributed by atoms with E-state index in [2.05, 4.69) is 29.0 Å². The summed E-state index contributed by atoms with van der Waals surface area (Å²) in [5.74, 6) is 1.07. The Bertz CT molecular complexity index is 323. The first-order valence-corrected chi connectivity index (χ1v) is 6.74. The zero-order valence-electron chi connectivity index (χ0n) is 11.8. The summed E-state index contributed by atoms with van der Waals surface area (Å²) in [6, 6.07) is 0. The molecule has 1 unspecified atom stereocenters. The minimum atomic E-state index is -0.300. The minimum absolute atomic E-state index is 0.300. The number of nitrogens with one attached hydrogen (secondary N) is 1. The molecule has 2 N–H and O–H groups in total. The Hall–Kier alpha value is -0.910. The number of hydrogen-bond acceptors (Lipinski definition) is 4. The van der Waals surface area contributed by atoms with E-state index in [0.717, 1.165) is 38.4 Å². The molecule has 104 valence electrons. The van der Waals surface area contributed by atoms with Crippen LogP contribution in [0.25, 0.3) is 0 Å². The molecule has 1 heterocycles. The van der Waals surface area contributed by atoms with Crippen LogP contribution in [0.5, 0.6) is 0 Å². The topological polar surface area (TPSA) is 53.3 Å². The lowest BCUT2D eigenvalue weighted by Gasteiger charge is -2.22. The number of imidazole rings is 1. The van der Waals surface area contributed by atoms with Gasteiger partial charge in [0.1, 0.15) is 5.82 Å². The van der Waals surface area contributed by atoms with E-state index in [1.807, 2.05) is 24.0 Å². The molecule has 0 radical (unpaired) electrons. The van der Waals surface area contributed by atoms with E-state index >= 15 is 0 Å². The molecular weight excluding hydrogens is 228 g/mol. The number of aliphatic hydroxyl groups excluding tert-OH is 1. The minimum Gasteiger partial charge on any atom is -0.390 e. The number of rotatable bonds is 9. The Morgan fingerprint density at radius 2 is 2.17 bits per heavy atom. The zero-order chi connectivity index (χ0) is 13.4. The smallest absolute Gasteiger partial charge is 0.109 e. The normalized spacial score (nSPS) is 13.2. The van der Waals surface area contributed by atoms with Crippen LogP contribution in [0, 0.1) is 0 Å². The van der Waals surface area contributed by atoms with Crippen molar-refractivity contribution in [2.45, 2.75) is 26.4 Å². The van der Waals surface area contributed by atoms with Crippen LogP contribution in [0.2, 0.25) is 0 Å². The Kier molecular flexibility index (Phi) is 6.93. The van der Waals surface area contributed by atoms with Gasteiger partial charge in [0.25, 0.3) is 0 Å². The molecule has 0 aliphatic rings. The van der Waals surface area contributed by atoms with Gasteiger partial charge in [0.05, 0.1) is 6.10 Å². The lowest BCUT2D eigenvalue weighted by molar-refractivity contribution is 0.117. The van der Waals surface area contributed by atoms with Gasteiger partial charge in [-0.2, -0.15) is 0 Å². The highest BCUT2D eigenvalue weighted by Gasteiger charge is 2.08. The summed E-state index contributed by atoms with van der Waals surface area (Å²) in [4.78, 5) is 6.49. The van der Waals surface area contributed by atoms with E-state index in [1.165, 1.54) is 0 Å². The van der Waals surface area contributed by atoms with Crippen molar-refractivity contribution in [2.24, 2.45) is 7.05 Å². The van der Waals surface area contributed by atoms with Gasteiger partial charge in [-0.3, -0.25) is 0 Å². The highest BCUT2D eigenvalue weighted by Crippen LogP contribution is 1.95. The number of likely N-dealkylation sites (N-methyl/N-ethyl adjacent to an activating group) is 1. The van der Waals surface area contributed by atoms with Crippen LogP contribution in [0.3, 0.4) is 0 Å². The largest absolute Gasteiger partial charge is 0.390 e. The van der Waals surface area contributed by atoms with Crippen molar-refractivity contribution in [3.05, 3.63) is 18.2 Å². The average molecular weight is 254 g/mol. The summed E-state index contributed by atoms with van der Waals surface area (Å²) in [5.41, 5.74) is 0. The van der Waals surface area contributed by atoms with Gasteiger partial charge in [-0.15, -0.1) is 0 Å². The first kappa shape index (κ1) is 15.1. The molecule has 5 nitrogen and oxygen atoms in total. The monoisotopic (exact) mass is 254 g/mol. The van der Waals surface area contributed by atoms with Gasteiger partial charge in [0.2, 0.25) is 0 Å². The van der Waals surface area contributed by atoms with E-state index in [9.17, 15) is 5.11 Å². The Morgan fingerprint density at radius 1 is 1.44 bits per heavy atom. The molecule has 0 saturated heterocycles. The molecule has 0 saturated carbocycles. The predicted octanol–water partition coefficient (Wildman–Crippen LogP) is 0.255. The summed E-state index contributed by atoms with van der Waals surface area (Å²) >= 11 is 0. The van der Waals surface area contributed by atoms with Crippen molar-refractivity contribution in [3.63, 3.8) is 0 Å². The van der Waals surface area contributed by atoms with Crippen LogP contribution in [0.15, 0.2) is 12.4 Å². The van der Waals surface area contributed by atoms with Crippen LogP contribution in [-0.2, 0) is 13.5 Å². The molecule has 5 heteroatoms. The highest BCUT2D eigenvalue weighted by molar-refractivity contribution is 4.91. The maximum Gasteiger partial charge on any atom is 0.109 e. The van der Waals surface area contributed by atoms with Crippen molar-refractivity contribution in [2.75, 3.05) is 32.7 Å². The molecule has 0 aliphatic heterocycles. The standard InChI is InChI=1S/C13H26N4O/c1-4-17(5-2)11-12(18)10-14-7-6-13-15-8-9-16(13)3/h8-9,12,14,18H,4-7,10-11H2,1-3H3. The lowest BCUT2D eigenvalue weighted by Crippen LogP contribution is -2.38. The predicted molar refractivity (Wildman–Crippen MR) is 73.6 cm³/mol. The quantitative estimate of drug-likeness (QED) is 0.621. The first-order valence-electron chi connectivity index (χ1n) is 6.74.